The number of fused-ring (bicyclic) bond motifs is 1. The zero-order valence-electron chi connectivity index (χ0n) is 12.2. The van der Waals surface area contributed by atoms with E-state index in [1.807, 2.05) is 0 Å². The number of anilines is 1. The maximum atomic E-state index is 2.26. The van der Waals surface area contributed by atoms with E-state index >= 15 is 0 Å². The summed E-state index contributed by atoms with van der Waals surface area (Å²) in [5.74, 6) is 0. The third-order valence-electron chi connectivity index (χ3n) is 3.73. The van der Waals surface area contributed by atoms with Crippen LogP contribution in [0.5, 0.6) is 0 Å². The van der Waals surface area contributed by atoms with Crippen molar-refractivity contribution in [1.82, 2.24) is 0 Å². The lowest BCUT2D eigenvalue weighted by molar-refractivity contribution is 1.14. The van der Waals surface area contributed by atoms with Crippen LogP contribution in [0.4, 0.5) is 5.69 Å². The van der Waals surface area contributed by atoms with E-state index in [4.69, 9.17) is 0 Å². The molecule has 20 heavy (non-hydrogen) atoms. The second-order valence-electron chi connectivity index (χ2n) is 5.51. The van der Waals surface area contributed by atoms with Gasteiger partial charge in [0.05, 0.1) is 0 Å². The van der Waals surface area contributed by atoms with Crippen LogP contribution < -0.4 is 4.90 Å². The molecule has 0 saturated carbocycles. The van der Waals surface area contributed by atoms with Crippen molar-refractivity contribution in [2.24, 2.45) is 0 Å². The Morgan fingerprint density at radius 3 is 1.95 bits per heavy atom. The minimum absolute atomic E-state index is 1.24. The van der Waals surface area contributed by atoms with E-state index in [9.17, 15) is 0 Å². The van der Waals surface area contributed by atoms with Crippen LogP contribution in [0.15, 0.2) is 60.7 Å². The molecule has 1 heteroatoms. The molecule has 0 fully saturated rings. The molecule has 3 aromatic rings. The fourth-order valence-electron chi connectivity index (χ4n) is 2.44. The molecule has 0 N–H and O–H groups in total. The fraction of sp³-hybridized carbons (Fsp3) is 0.158. The van der Waals surface area contributed by atoms with E-state index < -0.39 is 0 Å². The highest BCUT2D eigenvalue weighted by molar-refractivity contribution is 5.89. The SMILES string of the molecule is Cc1ccc(-c2ccc3cc(N(C)C)ccc3c2)cc1. The predicted octanol–water partition coefficient (Wildman–Crippen LogP) is 4.88. The predicted molar refractivity (Wildman–Crippen MR) is 88.4 cm³/mol. The second-order valence-corrected chi connectivity index (χ2v) is 5.51. The molecule has 0 bridgehead atoms. The highest BCUT2D eigenvalue weighted by Crippen LogP contribution is 2.27. The van der Waals surface area contributed by atoms with Crippen molar-refractivity contribution < 1.29 is 0 Å². The number of benzene rings is 3. The summed E-state index contributed by atoms with van der Waals surface area (Å²) in [6.45, 7) is 2.12. The molecule has 0 spiro atoms. The highest BCUT2D eigenvalue weighted by Gasteiger charge is 2.02. The van der Waals surface area contributed by atoms with Gasteiger partial charge in [0.2, 0.25) is 0 Å². The van der Waals surface area contributed by atoms with Crippen molar-refractivity contribution >= 4 is 16.5 Å². The molecule has 0 unspecified atom stereocenters. The first kappa shape index (κ1) is 12.7. The van der Waals surface area contributed by atoms with Gasteiger partial charge >= 0.3 is 0 Å². The van der Waals surface area contributed by atoms with Crippen molar-refractivity contribution in [2.45, 2.75) is 6.92 Å². The molecule has 3 aromatic carbocycles. The molecule has 0 amide bonds. The van der Waals surface area contributed by atoms with Crippen LogP contribution in [0.1, 0.15) is 5.56 Å². The fourth-order valence-corrected chi connectivity index (χ4v) is 2.44. The van der Waals surface area contributed by atoms with Gasteiger partial charge in [-0.25, -0.2) is 0 Å². The van der Waals surface area contributed by atoms with Crippen molar-refractivity contribution in [3.8, 4) is 11.1 Å². The molecule has 0 saturated heterocycles. The topological polar surface area (TPSA) is 3.24 Å². The van der Waals surface area contributed by atoms with Crippen molar-refractivity contribution in [2.75, 3.05) is 19.0 Å². The zero-order valence-corrected chi connectivity index (χ0v) is 12.2. The second kappa shape index (κ2) is 5.01. The maximum absolute atomic E-state index is 2.26. The van der Waals surface area contributed by atoms with E-state index in [-0.39, 0.29) is 0 Å². The van der Waals surface area contributed by atoms with E-state index in [1.165, 1.54) is 33.2 Å². The first-order chi connectivity index (χ1) is 9.63. The minimum Gasteiger partial charge on any atom is -0.378 e. The average Bonchev–Trinajstić information content (AvgIpc) is 2.47. The van der Waals surface area contributed by atoms with Gasteiger partial charge in [0, 0.05) is 19.8 Å². The summed E-state index contributed by atoms with van der Waals surface area (Å²) in [6, 6.07) is 22.0. The van der Waals surface area contributed by atoms with Crippen molar-refractivity contribution in [3.63, 3.8) is 0 Å². The lowest BCUT2D eigenvalue weighted by Crippen LogP contribution is -2.07. The molecular weight excluding hydrogens is 242 g/mol. The third kappa shape index (κ3) is 2.39. The molecule has 0 aliphatic heterocycles. The smallest absolute Gasteiger partial charge is 0.0367 e. The zero-order chi connectivity index (χ0) is 14.1. The number of hydrogen-bond acceptors (Lipinski definition) is 1. The summed E-state index contributed by atoms with van der Waals surface area (Å²) in [4.78, 5) is 2.13. The Hall–Kier alpha value is -2.28. The Bertz CT molecular complexity index is 739. The van der Waals surface area contributed by atoms with Crippen LogP contribution in [-0.2, 0) is 0 Å². The Balaban J connectivity index is 2.07. The van der Waals surface area contributed by atoms with E-state index in [0.717, 1.165) is 0 Å². The van der Waals surface area contributed by atoms with Crippen LogP contribution in [-0.4, -0.2) is 14.1 Å². The standard InChI is InChI=1S/C19H19N/c1-14-4-6-15(7-5-14)16-8-9-18-13-19(20(2)3)11-10-17(18)12-16/h4-13H,1-3H3. The first-order valence-electron chi connectivity index (χ1n) is 6.92. The largest absolute Gasteiger partial charge is 0.378 e. The van der Waals surface area contributed by atoms with E-state index in [1.54, 1.807) is 0 Å². The van der Waals surface area contributed by atoms with Gasteiger partial charge in [0.25, 0.3) is 0 Å². The van der Waals surface area contributed by atoms with Crippen LogP contribution in [0, 0.1) is 6.92 Å². The summed E-state index contributed by atoms with van der Waals surface area (Å²) in [5.41, 5.74) is 5.08. The molecule has 0 aromatic heterocycles. The number of nitrogens with zero attached hydrogens (tertiary/aromatic N) is 1. The van der Waals surface area contributed by atoms with Crippen LogP contribution in [0.3, 0.4) is 0 Å². The van der Waals surface area contributed by atoms with Crippen LogP contribution in [0.2, 0.25) is 0 Å². The first-order valence-corrected chi connectivity index (χ1v) is 6.92. The quantitative estimate of drug-likeness (QED) is 0.635. The van der Waals surface area contributed by atoms with Gasteiger partial charge in [-0.15, -0.1) is 0 Å². The summed E-state index contributed by atoms with van der Waals surface area (Å²) >= 11 is 0. The van der Waals surface area contributed by atoms with Gasteiger partial charge in [-0.2, -0.15) is 0 Å². The van der Waals surface area contributed by atoms with Gasteiger partial charge in [0.1, 0.15) is 0 Å². The molecule has 3 rings (SSSR count). The summed E-state index contributed by atoms with van der Waals surface area (Å²) in [7, 11) is 4.14. The number of hydrogen-bond donors (Lipinski definition) is 0. The molecule has 100 valence electrons. The third-order valence-corrected chi connectivity index (χ3v) is 3.73. The number of aryl methyl sites for hydroxylation is 1. The van der Waals surface area contributed by atoms with Gasteiger partial charge in [-0.1, -0.05) is 48.0 Å². The molecule has 0 atom stereocenters. The molecule has 0 heterocycles. The summed E-state index contributed by atoms with van der Waals surface area (Å²) in [6.07, 6.45) is 0. The van der Waals surface area contributed by atoms with Crippen molar-refractivity contribution in [1.29, 1.82) is 0 Å². The molecule has 0 radical (unpaired) electrons. The monoisotopic (exact) mass is 261 g/mol. The van der Waals surface area contributed by atoms with Crippen LogP contribution >= 0.6 is 0 Å². The lowest BCUT2D eigenvalue weighted by atomic mass is 10.00. The normalized spacial score (nSPS) is 10.8. The van der Waals surface area contributed by atoms with Gasteiger partial charge in [0.15, 0.2) is 0 Å². The molecular formula is C19H19N. The maximum Gasteiger partial charge on any atom is 0.0367 e. The molecule has 0 aliphatic carbocycles. The summed E-state index contributed by atoms with van der Waals surface area (Å²) in [5, 5.41) is 2.57. The highest BCUT2D eigenvalue weighted by atomic mass is 15.1. The Kier molecular flexibility index (Phi) is 3.19. The van der Waals surface area contributed by atoms with Crippen molar-refractivity contribution in [3.05, 3.63) is 66.2 Å². The molecule has 1 nitrogen and oxygen atoms in total. The Morgan fingerprint density at radius 1 is 0.650 bits per heavy atom. The lowest BCUT2D eigenvalue weighted by Gasteiger charge is -2.13. The minimum atomic E-state index is 1.24. The van der Waals surface area contributed by atoms with E-state index in [2.05, 4.69) is 86.6 Å². The number of rotatable bonds is 2. The van der Waals surface area contributed by atoms with Crippen LogP contribution in [0.25, 0.3) is 21.9 Å². The van der Waals surface area contributed by atoms with Gasteiger partial charge in [-0.05, 0) is 47.0 Å². The average molecular weight is 261 g/mol. The summed E-state index contributed by atoms with van der Waals surface area (Å²) < 4.78 is 0. The Morgan fingerprint density at radius 2 is 1.25 bits per heavy atom. The van der Waals surface area contributed by atoms with Gasteiger partial charge in [-0.3, -0.25) is 0 Å². The van der Waals surface area contributed by atoms with E-state index in [0.29, 0.717) is 0 Å². The molecule has 0 aliphatic rings. The Labute approximate surface area is 120 Å². The van der Waals surface area contributed by atoms with Gasteiger partial charge < -0.3 is 4.90 Å².